The van der Waals surface area contributed by atoms with Gasteiger partial charge in [-0.2, -0.15) is 13.2 Å². The van der Waals surface area contributed by atoms with Crippen molar-refractivity contribution in [2.75, 3.05) is 19.6 Å². The number of likely N-dealkylation sites (tertiary alicyclic amines) is 1. The van der Waals surface area contributed by atoms with E-state index in [1.807, 2.05) is 0 Å². The van der Waals surface area contributed by atoms with Crippen LogP contribution >= 0.6 is 0 Å². The van der Waals surface area contributed by atoms with Crippen molar-refractivity contribution in [3.63, 3.8) is 0 Å². The van der Waals surface area contributed by atoms with Crippen LogP contribution in [0.25, 0.3) is 0 Å². The van der Waals surface area contributed by atoms with E-state index in [4.69, 9.17) is 0 Å². The maximum absolute atomic E-state index is 12.8. The first-order chi connectivity index (χ1) is 12.3. The zero-order chi connectivity index (χ0) is 19.2. The predicted octanol–water partition coefficient (Wildman–Crippen LogP) is 3.86. The van der Waals surface area contributed by atoms with E-state index in [2.05, 4.69) is 12.2 Å². The maximum Gasteiger partial charge on any atom is 0.416 e. The number of rotatable bonds is 6. The Hall–Kier alpha value is -2.05. The molecule has 0 aromatic heterocycles. The number of amides is 2. The lowest BCUT2D eigenvalue weighted by molar-refractivity contribution is -0.137. The van der Waals surface area contributed by atoms with Crippen LogP contribution in [0.1, 0.15) is 54.9 Å². The van der Waals surface area contributed by atoms with Crippen LogP contribution < -0.4 is 5.32 Å². The Morgan fingerprint density at radius 2 is 1.88 bits per heavy atom. The first-order valence-electron chi connectivity index (χ1n) is 9.07. The van der Waals surface area contributed by atoms with Crippen molar-refractivity contribution in [2.24, 2.45) is 5.92 Å². The smallest absolute Gasteiger partial charge is 0.356 e. The van der Waals surface area contributed by atoms with Gasteiger partial charge in [0.1, 0.15) is 0 Å². The van der Waals surface area contributed by atoms with Gasteiger partial charge in [0.15, 0.2) is 0 Å². The zero-order valence-electron chi connectivity index (χ0n) is 14.9. The molecule has 0 spiro atoms. The van der Waals surface area contributed by atoms with Gasteiger partial charge in [0, 0.05) is 31.1 Å². The first kappa shape index (κ1) is 20.3. The number of carbonyl (C=O) groups is 2. The Bertz CT molecular complexity index is 623. The van der Waals surface area contributed by atoms with E-state index < -0.39 is 17.6 Å². The Kier molecular flexibility index (Phi) is 7.06. The second-order valence-electron chi connectivity index (χ2n) is 6.64. The standard InChI is InChI=1S/C19H25F3N2O2/c1-2-3-4-10-23-17(25)14-8-11-24(12-9-14)18(26)15-6-5-7-16(13-15)19(20,21)22/h5-7,13-14H,2-4,8-12H2,1H3,(H,23,25). The molecule has 1 aromatic carbocycles. The molecule has 0 atom stereocenters. The highest BCUT2D eigenvalue weighted by Gasteiger charge is 2.32. The van der Waals surface area contributed by atoms with Crippen molar-refractivity contribution >= 4 is 11.8 Å². The molecule has 1 heterocycles. The van der Waals surface area contributed by atoms with Crippen LogP contribution in [0.4, 0.5) is 13.2 Å². The lowest BCUT2D eigenvalue weighted by Gasteiger charge is -2.31. The fourth-order valence-corrected chi connectivity index (χ4v) is 3.09. The summed E-state index contributed by atoms with van der Waals surface area (Å²) in [5.74, 6) is -0.549. The predicted molar refractivity (Wildman–Crippen MR) is 92.6 cm³/mol. The molecule has 1 N–H and O–H groups in total. The van der Waals surface area contributed by atoms with Crippen LogP contribution in [-0.2, 0) is 11.0 Å². The summed E-state index contributed by atoms with van der Waals surface area (Å²) in [4.78, 5) is 26.1. The second kappa shape index (κ2) is 9.05. The van der Waals surface area contributed by atoms with Gasteiger partial charge in [0.2, 0.25) is 5.91 Å². The number of alkyl halides is 3. The molecule has 2 rings (SSSR count). The van der Waals surface area contributed by atoms with Crippen molar-refractivity contribution in [2.45, 2.75) is 45.2 Å². The minimum absolute atomic E-state index is 0.00673. The van der Waals surface area contributed by atoms with Crippen LogP contribution in [-0.4, -0.2) is 36.3 Å². The third-order valence-corrected chi connectivity index (χ3v) is 4.67. The van der Waals surface area contributed by atoms with Crippen LogP contribution in [0.5, 0.6) is 0 Å². The molecule has 7 heteroatoms. The second-order valence-corrected chi connectivity index (χ2v) is 6.64. The topological polar surface area (TPSA) is 49.4 Å². The van der Waals surface area contributed by atoms with Crippen LogP contribution in [0, 0.1) is 5.92 Å². The number of nitrogens with zero attached hydrogens (tertiary/aromatic N) is 1. The fraction of sp³-hybridized carbons (Fsp3) is 0.579. The number of hydrogen-bond acceptors (Lipinski definition) is 2. The number of halogens is 3. The van der Waals surface area contributed by atoms with Crippen molar-refractivity contribution < 1.29 is 22.8 Å². The number of piperidine rings is 1. The minimum atomic E-state index is -4.47. The summed E-state index contributed by atoms with van der Waals surface area (Å²) in [6.45, 7) is 3.51. The molecule has 1 saturated heterocycles. The normalized spacial score (nSPS) is 15.8. The van der Waals surface area contributed by atoms with Crippen molar-refractivity contribution in [3.05, 3.63) is 35.4 Å². The molecule has 0 unspecified atom stereocenters. The molecule has 1 aliphatic rings. The minimum Gasteiger partial charge on any atom is -0.356 e. The summed E-state index contributed by atoms with van der Waals surface area (Å²) in [7, 11) is 0. The molecule has 1 aromatic rings. The molecule has 4 nitrogen and oxygen atoms in total. The third-order valence-electron chi connectivity index (χ3n) is 4.67. The Labute approximate surface area is 151 Å². The molecular weight excluding hydrogens is 345 g/mol. The molecule has 144 valence electrons. The summed E-state index contributed by atoms with van der Waals surface area (Å²) in [5.41, 5.74) is -0.799. The number of benzene rings is 1. The number of carbonyl (C=O) groups excluding carboxylic acids is 2. The van der Waals surface area contributed by atoms with E-state index >= 15 is 0 Å². The van der Waals surface area contributed by atoms with Crippen molar-refractivity contribution in [1.82, 2.24) is 10.2 Å². The summed E-state index contributed by atoms with van der Waals surface area (Å²) >= 11 is 0. The number of unbranched alkanes of at least 4 members (excludes halogenated alkanes) is 2. The summed E-state index contributed by atoms with van der Waals surface area (Å²) in [6, 6.07) is 4.47. The first-order valence-corrected chi connectivity index (χ1v) is 9.07. The molecule has 26 heavy (non-hydrogen) atoms. The summed E-state index contributed by atoms with van der Waals surface area (Å²) in [6.07, 6.45) is -0.293. The molecule has 2 amide bonds. The molecule has 1 aliphatic heterocycles. The van der Waals surface area contributed by atoms with Gasteiger partial charge in [-0.25, -0.2) is 0 Å². The maximum atomic E-state index is 12.8. The van der Waals surface area contributed by atoms with Gasteiger partial charge in [-0.05, 0) is 37.5 Å². The number of hydrogen-bond donors (Lipinski definition) is 1. The molecule has 0 bridgehead atoms. The Balaban J connectivity index is 1.87. The quantitative estimate of drug-likeness (QED) is 0.773. The largest absolute Gasteiger partial charge is 0.416 e. The Morgan fingerprint density at radius 1 is 1.19 bits per heavy atom. The average Bonchev–Trinajstić information content (AvgIpc) is 2.64. The third kappa shape index (κ3) is 5.47. The van der Waals surface area contributed by atoms with E-state index in [9.17, 15) is 22.8 Å². The van der Waals surface area contributed by atoms with Gasteiger partial charge in [-0.15, -0.1) is 0 Å². The van der Waals surface area contributed by atoms with Crippen molar-refractivity contribution in [3.8, 4) is 0 Å². The van der Waals surface area contributed by atoms with Gasteiger partial charge in [0.25, 0.3) is 5.91 Å². The number of nitrogens with one attached hydrogen (secondary N) is 1. The van der Waals surface area contributed by atoms with Gasteiger partial charge in [0.05, 0.1) is 5.56 Å². The van der Waals surface area contributed by atoms with E-state index in [1.54, 1.807) is 0 Å². The van der Waals surface area contributed by atoms with Gasteiger partial charge in [-0.3, -0.25) is 9.59 Å². The fourth-order valence-electron chi connectivity index (χ4n) is 3.09. The van der Waals surface area contributed by atoms with Gasteiger partial charge in [-0.1, -0.05) is 25.8 Å². The van der Waals surface area contributed by atoms with Gasteiger partial charge >= 0.3 is 6.18 Å². The highest BCUT2D eigenvalue weighted by Crippen LogP contribution is 2.30. The highest BCUT2D eigenvalue weighted by atomic mass is 19.4. The molecular formula is C19H25F3N2O2. The lowest BCUT2D eigenvalue weighted by atomic mass is 9.95. The highest BCUT2D eigenvalue weighted by molar-refractivity contribution is 5.94. The zero-order valence-corrected chi connectivity index (χ0v) is 14.9. The SMILES string of the molecule is CCCCCNC(=O)C1CCN(C(=O)c2cccc(C(F)(F)F)c2)CC1. The molecule has 1 fully saturated rings. The van der Waals surface area contributed by atoms with Crippen molar-refractivity contribution in [1.29, 1.82) is 0 Å². The Morgan fingerprint density at radius 3 is 2.50 bits per heavy atom. The molecule has 0 aliphatic carbocycles. The monoisotopic (exact) mass is 370 g/mol. The summed E-state index contributed by atoms with van der Waals surface area (Å²) in [5, 5.41) is 2.92. The average molecular weight is 370 g/mol. The lowest BCUT2D eigenvalue weighted by Crippen LogP contribution is -2.43. The molecule has 0 radical (unpaired) electrons. The van der Waals surface area contributed by atoms with Crippen LogP contribution in [0.2, 0.25) is 0 Å². The van der Waals surface area contributed by atoms with Crippen LogP contribution in [0.15, 0.2) is 24.3 Å². The van der Waals surface area contributed by atoms with E-state index in [0.717, 1.165) is 31.4 Å². The van der Waals surface area contributed by atoms with E-state index in [1.165, 1.54) is 17.0 Å². The van der Waals surface area contributed by atoms with E-state index in [-0.39, 0.29) is 17.4 Å². The summed E-state index contributed by atoms with van der Waals surface area (Å²) < 4.78 is 38.4. The van der Waals surface area contributed by atoms with E-state index in [0.29, 0.717) is 32.5 Å². The van der Waals surface area contributed by atoms with Crippen LogP contribution in [0.3, 0.4) is 0 Å². The van der Waals surface area contributed by atoms with Gasteiger partial charge < -0.3 is 10.2 Å². The molecule has 0 saturated carbocycles.